The molecular formula is C49H47BrF4N8O2S2. The lowest BCUT2D eigenvalue weighted by Crippen LogP contribution is -2.43. The number of hydrogen-bond acceptors (Lipinski definition) is 10. The van der Waals surface area contributed by atoms with Crippen molar-refractivity contribution in [1.82, 2.24) is 19.8 Å². The van der Waals surface area contributed by atoms with Gasteiger partial charge in [-0.2, -0.15) is 0 Å². The number of halogens is 5. The SMILES string of the molecule is CN(C)C(=O)[C@]12C[C@H]1[C@@](C)(c1cc(/C=C(\F)c3ccc(Br)cn3)ccc1F)N=C(N)S2.CN(C)C(=O)[C@]12C[C@H]1[C@@](C)(c1cc(/C=C(\F)c3ccc(C#CC4CC4)cn3)ccc1F)N=C(N)S2. The molecule has 3 saturated carbocycles. The number of amides is 2. The second-order valence-corrected chi connectivity index (χ2v) is 21.5. The van der Waals surface area contributed by atoms with Gasteiger partial charge in [-0.1, -0.05) is 47.5 Å². The molecule has 0 radical (unpaired) electrons. The van der Waals surface area contributed by atoms with Gasteiger partial charge in [0.05, 0.1) is 22.5 Å². The van der Waals surface area contributed by atoms with Crippen LogP contribution in [0, 0.1) is 41.2 Å². The van der Waals surface area contributed by atoms with Gasteiger partial charge in [0.1, 0.15) is 32.8 Å². The molecule has 4 aromatic rings. The van der Waals surface area contributed by atoms with Crippen molar-refractivity contribution in [3.63, 3.8) is 0 Å². The van der Waals surface area contributed by atoms with Crippen molar-refractivity contribution in [3.05, 3.63) is 128 Å². The Labute approximate surface area is 398 Å². The Morgan fingerprint density at radius 3 is 1.58 bits per heavy atom. The van der Waals surface area contributed by atoms with Gasteiger partial charge in [-0.25, -0.2) is 17.6 Å². The molecule has 66 heavy (non-hydrogen) atoms. The van der Waals surface area contributed by atoms with Crippen molar-refractivity contribution < 1.29 is 27.2 Å². The smallest absolute Gasteiger partial charge is 0.239 e. The summed E-state index contributed by atoms with van der Waals surface area (Å²) in [4.78, 5) is 46.2. The molecule has 9 rings (SSSR count). The van der Waals surface area contributed by atoms with Gasteiger partial charge >= 0.3 is 0 Å². The van der Waals surface area contributed by atoms with Crippen LogP contribution in [0.2, 0.25) is 0 Å². The van der Waals surface area contributed by atoms with E-state index in [4.69, 9.17) is 11.5 Å². The number of pyridine rings is 2. The van der Waals surface area contributed by atoms with E-state index in [0.29, 0.717) is 41.0 Å². The summed E-state index contributed by atoms with van der Waals surface area (Å²) in [6.45, 7) is 3.58. The maximum absolute atomic E-state index is 15.1. The topological polar surface area (TPSA) is 143 Å². The number of hydrogen-bond donors (Lipinski definition) is 2. The minimum atomic E-state index is -1.04. The fourth-order valence-corrected chi connectivity index (χ4v) is 12.1. The van der Waals surface area contributed by atoms with Gasteiger partial charge in [-0.15, -0.1) is 0 Å². The van der Waals surface area contributed by atoms with Gasteiger partial charge < -0.3 is 21.3 Å². The number of carbonyl (C=O) groups excluding carboxylic acids is 2. The Morgan fingerprint density at radius 1 is 0.727 bits per heavy atom. The second kappa shape index (κ2) is 17.7. The first-order valence-corrected chi connectivity index (χ1v) is 23.6. The number of benzene rings is 2. The highest BCUT2D eigenvalue weighted by Gasteiger charge is 2.72. The highest BCUT2D eigenvalue weighted by Crippen LogP contribution is 2.67. The Hall–Kier alpha value is -5.44. The van der Waals surface area contributed by atoms with Crippen LogP contribution >= 0.6 is 39.5 Å². The van der Waals surface area contributed by atoms with Crippen LogP contribution in [0.4, 0.5) is 17.6 Å². The summed E-state index contributed by atoms with van der Waals surface area (Å²) in [7, 11) is 6.77. The zero-order valence-electron chi connectivity index (χ0n) is 37.0. The second-order valence-electron chi connectivity index (χ2n) is 17.9. The number of fused-ring (bicyclic) bond motifs is 2. The number of aromatic nitrogens is 2. The Kier molecular flexibility index (Phi) is 12.6. The quantitative estimate of drug-likeness (QED) is 0.132. The number of aliphatic imine (C=N–C) groups is 2. The third kappa shape index (κ3) is 9.03. The molecule has 3 fully saturated rings. The zero-order chi connectivity index (χ0) is 47.5. The van der Waals surface area contributed by atoms with E-state index < -0.39 is 43.9 Å². The first-order valence-electron chi connectivity index (χ1n) is 21.2. The van der Waals surface area contributed by atoms with Crippen molar-refractivity contribution in [2.45, 2.75) is 60.1 Å². The summed E-state index contributed by atoms with van der Waals surface area (Å²) in [5.41, 5.74) is 12.8. The van der Waals surface area contributed by atoms with Crippen molar-refractivity contribution in [3.8, 4) is 11.8 Å². The third-order valence-electron chi connectivity index (χ3n) is 12.6. The molecule has 0 bridgehead atoms. The average molecular weight is 1000 g/mol. The number of nitrogens with zero attached hydrogens (tertiary/aromatic N) is 6. The minimum absolute atomic E-state index is 0.0598. The van der Waals surface area contributed by atoms with Gasteiger partial charge in [0.25, 0.3) is 0 Å². The fraction of sp³-hybridized carbons (Fsp3) is 0.347. The fourth-order valence-electron chi connectivity index (χ4n) is 8.89. The summed E-state index contributed by atoms with van der Waals surface area (Å²) in [5.74, 6) is 4.12. The normalized spacial score (nSPS) is 27.3. The summed E-state index contributed by atoms with van der Waals surface area (Å²) in [6, 6.07) is 15.3. The van der Waals surface area contributed by atoms with E-state index >= 15 is 8.78 Å². The van der Waals surface area contributed by atoms with E-state index in [-0.39, 0.29) is 45.4 Å². The Morgan fingerprint density at radius 2 is 1.18 bits per heavy atom. The molecule has 4 N–H and O–H groups in total. The van der Waals surface area contributed by atoms with E-state index in [9.17, 15) is 18.4 Å². The van der Waals surface area contributed by atoms with Crippen LogP contribution in [0.1, 0.15) is 78.7 Å². The van der Waals surface area contributed by atoms with Crippen LogP contribution in [0.25, 0.3) is 23.8 Å². The number of carbonyl (C=O) groups is 2. The van der Waals surface area contributed by atoms with Crippen LogP contribution in [-0.2, 0) is 20.7 Å². The third-order valence-corrected chi connectivity index (χ3v) is 15.7. The molecule has 0 saturated heterocycles. The molecule has 0 unspecified atom stereocenters. The average Bonchev–Trinajstić information content (AvgIpc) is 4.17. The van der Waals surface area contributed by atoms with Crippen molar-refractivity contribution in [2.24, 2.45) is 39.2 Å². The van der Waals surface area contributed by atoms with Crippen LogP contribution in [0.3, 0.4) is 0 Å². The van der Waals surface area contributed by atoms with E-state index in [1.807, 2.05) is 0 Å². The van der Waals surface area contributed by atoms with E-state index in [2.05, 4.69) is 47.7 Å². The Balaban J connectivity index is 0.000000181. The van der Waals surface area contributed by atoms with E-state index in [1.54, 1.807) is 84.6 Å². The first kappa shape index (κ1) is 47.1. The Bertz CT molecular complexity index is 2830. The highest BCUT2D eigenvalue weighted by molar-refractivity contribution is 9.10. The van der Waals surface area contributed by atoms with Gasteiger partial charge in [0, 0.05) is 79.5 Å². The molecule has 2 amide bonds. The lowest BCUT2D eigenvalue weighted by atomic mass is 9.84. The zero-order valence-corrected chi connectivity index (χ0v) is 40.2. The molecule has 5 aliphatic rings. The van der Waals surface area contributed by atoms with Crippen LogP contribution in [0.5, 0.6) is 0 Å². The van der Waals surface area contributed by atoms with Crippen molar-refractivity contribution in [1.29, 1.82) is 0 Å². The molecule has 342 valence electrons. The summed E-state index contributed by atoms with van der Waals surface area (Å²) >= 11 is 5.76. The molecule has 3 aliphatic carbocycles. The van der Waals surface area contributed by atoms with Gasteiger partial charge in [0.2, 0.25) is 11.8 Å². The van der Waals surface area contributed by atoms with E-state index in [1.165, 1.54) is 75.9 Å². The van der Waals surface area contributed by atoms with Crippen LogP contribution in [0.15, 0.2) is 87.5 Å². The molecule has 17 heteroatoms. The molecule has 2 aliphatic heterocycles. The molecular weight excluding hydrogens is 953 g/mol. The molecule has 6 atom stereocenters. The van der Waals surface area contributed by atoms with Gasteiger partial charge in [-0.3, -0.25) is 29.5 Å². The van der Waals surface area contributed by atoms with Crippen LogP contribution in [-0.4, -0.2) is 79.6 Å². The maximum Gasteiger partial charge on any atom is 0.239 e. The predicted molar refractivity (Wildman–Crippen MR) is 259 cm³/mol. The standard InChI is InChI=1S/C27H26F2N4OS.C22H21BrF2N4OS/c1-26(23-14-27(23,24(34)33(2)3)35-25(30)32-26)19-12-18(8-10-20(19)28)13-21(29)22-11-9-17(15-31-22)7-6-16-4-5-16;1-21(18-10-22(18,19(30)29(2)3)31-20(26)28-21)14-8-12(4-6-15(14)24)9-16(25)17-7-5-13(23)11-27-17/h8-13,15-16,23H,4-5,14H2,1-3H3,(H2,30,32);4-9,11,18H,10H2,1-3H3,(H2,26,28)/b21-13-;16-9-/t23-,26+,27-;18-,21+,22-/m00/s1. The lowest BCUT2D eigenvalue weighted by molar-refractivity contribution is -0.130. The predicted octanol–water partition coefficient (Wildman–Crippen LogP) is 9.15. The summed E-state index contributed by atoms with van der Waals surface area (Å²) in [5, 5.41) is 0.495. The maximum atomic E-state index is 15.1. The monoisotopic (exact) mass is 998 g/mol. The number of amidine groups is 2. The van der Waals surface area contributed by atoms with Crippen LogP contribution < -0.4 is 11.5 Å². The number of nitrogens with two attached hydrogens (primary N) is 2. The van der Waals surface area contributed by atoms with Gasteiger partial charge in [0.15, 0.2) is 10.3 Å². The molecule has 10 nitrogen and oxygen atoms in total. The minimum Gasteiger partial charge on any atom is -0.378 e. The van der Waals surface area contributed by atoms with Gasteiger partial charge in [-0.05, 0) is 127 Å². The van der Waals surface area contributed by atoms with Crippen molar-refractivity contribution in [2.75, 3.05) is 28.2 Å². The number of rotatable bonds is 8. The molecule has 2 aromatic carbocycles. The largest absolute Gasteiger partial charge is 0.378 e. The molecule has 4 heterocycles. The highest BCUT2D eigenvalue weighted by atomic mass is 79.9. The summed E-state index contributed by atoms with van der Waals surface area (Å²) in [6.07, 6.45) is 9.05. The van der Waals surface area contributed by atoms with E-state index in [0.717, 1.165) is 22.9 Å². The van der Waals surface area contributed by atoms with Crippen molar-refractivity contribution >= 4 is 85.4 Å². The molecule has 0 spiro atoms. The number of thioether (sulfide) groups is 2. The first-order chi connectivity index (χ1) is 31.2. The lowest BCUT2D eigenvalue weighted by Gasteiger charge is -2.34. The summed E-state index contributed by atoms with van der Waals surface area (Å²) < 4.78 is 59.0. The molecule has 2 aromatic heterocycles.